The lowest BCUT2D eigenvalue weighted by molar-refractivity contribution is 0.0827. The number of ether oxygens (including phenoxy) is 2. The molecule has 0 saturated heterocycles. The normalized spacial score (nSPS) is 10.5. The number of benzene rings is 2. The molecule has 0 unspecified atom stereocenters. The van der Waals surface area contributed by atoms with Crippen molar-refractivity contribution in [3.63, 3.8) is 0 Å². The predicted molar refractivity (Wildman–Crippen MR) is 108 cm³/mol. The van der Waals surface area contributed by atoms with Crippen LogP contribution < -0.4 is 15.2 Å². The van der Waals surface area contributed by atoms with Gasteiger partial charge in [0.1, 0.15) is 11.6 Å². The number of pyridine rings is 1. The zero-order chi connectivity index (χ0) is 22.7. The van der Waals surface area contributed by atoms with Gasteiger partial charge in [-0.05, 0) is 36.4 Å². The van der Waals surface area contributed by atoms with Crippen LogP contribution in [0.15, 0.2) is 48.5 Å². The molecule has 0 aliphatic rings. The van der Waals surface area contributed by atoms with E-state index < -0.39 is 23.4 Å². The first-order valence-electron chi connectivity index (χ1n) is 8.86. The average molecular weight is 428 g/mol. The molecule has 0 saturated carbocycles. The van der Waals surface area contributed by atoms with Gasteiger partial charge in [0.2, 0.25) is 0 Å². The molecular weight excluding hydrogens is 410 g/mol. The molecule has 0 aliphatic heterocycles. The number of nitrogens with one attached hydrogen (secondary N) is 1. The fourth-order valence-electron chi connectivity index (χ4n) is 2.51. The molecule has 2 aromatic carbocycles. The molecule has 1 heterocycles. The Labute approximate surface area is 176 Å². The number of phenols is 1. The summed E-state index contributed by atoms with van der Waals surface area (Å²) >= 11 is 0. The molecule has 0 atom stereocenters. The van der Waals surface area contributed by atoms with Crippen molar-refractivity contribution < 1.29 is 28.2 Å². The van der Waals surface area contributed by atoms with E-state index in [-0.39, 0.29) is 34.6 Å². The molecule has 1 aromatic heterocycles. The van der Waals surface area contributed by atoms with Gasteiger partial charge in [-0.2, -0.15) is 4.98 Å². The first-order valence-corrected chi connectivity index (χ1v) is 8.86. The van der Waals surface area contributed by atoms with Crippen LogP contribution in [-0.2, 0) is 0 Å². The Hall–Kier alpha value is -4.21. The topological polar surface area (TPSA) is 122 Å². The summed E-state index contributed by atoms with van der Waals surface area (Å²) in [6.45, 7) is 0. The van der Waals surface area contributed by atoms with Gasteiger partial charge in [-0.1, -0.05) is 6.07 Å². The smallest absolute Gasteiger partial charge is 0.259 e. The van der Waals surface area contributed by atoms with E-state index in [1.54, 1.807) is 20.2 Å². The van der Waals surface area contributed by atoms with E-state index in [0.717, 1.165) is 0 Å². The number of aromatic nitrogens is 1. The van der Waals surface area contributed by atoms with Gasteiger partial charge in [-0.25, -0.2) is 8.78 Å². The number of rotatable bonds is 6. The van der Waals surface area contributed by atoms with E-state index in [9.17, 15) is 18.7 Å². The summed E-state index contributed by atoms with van der Waals surface area (Å²) in [5, 5.41) is 17.4. The molecule has 3 aromatic rings. The van der Waals surface area contributed by atoms with Crippen molar-refractivity contribution >= 4 is 11.7 Å². The highest BCUT2D eigenvalue weighted by Gasteiger charge is 2.18. The van der Waals surface area contributed by atoms with Gasteiger partial charge in [0.15, 0.2) is 23.1 Å². The number of phenolic OH excluding ortho intramolecular Hbond substituents is 1. The molecule has 0 radical (unpaired) electrons. The summed E-state index contributed by atoms with van der Waals surface area (Å²) < 4.78 is 39.1. The maximum atomic E-state index is 14.2. The second-order valence-corrected chi connectivity index (χ2v) is 6.59. The Morgan fingerprint density at radius 1 is 1.03 bits per heavy atom. The average Bonchev–Trinajstić information content (AvgIpc) is 2.72. The number of nitrogen functional groups attached to an aromatic ring is 1. The largest absolute Gasteiger partial charge is 0.504 e. The van der Waals surface area contributed by atoms with Crippen LogP contribution in [0.4, 0.5) is 8.78 Å². The highest BCUT2D eigenvalue weighted by atomic mass is 19.1. The third-order valence-corrected chi connectivity index (χ3v) is 4.04. The third-order valence-electron chi connectivity index (χ3n) is 4.04. The zero-order valence-electron chi connectivity index (χ0n) is 16.5. The van der Waals surface area contributed by atoms with Crippen molar-refractivity contribution in [1.82, 2.24) is 9.88 Å². The van der Waals surface area contributed by atoms with Crippen LogP contribution >= 0.6 is 0 Å². The lowest BCUT2D eigenvalue weighted by Crippen LogP contribution is -2.21. The van der Waals surface area contributed by atoms with Crippen molar-refractivity contribution in [1.29, 1.82) is 5.41 Å². The lowest BCUT2D eigenvalue weighted by atomic mass is 10.2. The first-order chi connectivity index (χ1) is 14.7. The molecule has 0 fully saturated rings. The minimum Gasteiger partial charge on any atom is -0.504 e. The van der Waals surface area contributed by atoms with Crippen molar-refractivity contribution in [2.24, 2.45) is 5.73 Å². The highest BCUT2D eigenvalue weighted by Crippen LogP contribution is 2.34. The Morgan fingerprint density at radius 2 is 1.71 bits per heavy atom. The van der Waals surface area contributed by atoms with Gasteiger partial charge < -0.3 is 25.2 Å². The lowest BCUT2D eigenvalue weighted by Gasteiger charge is -2.13. The quantitative estimate of drug-likeness (QED) is 0.407. The van der Waals surface area contributed by atoms with Crippen molar-refractivity contribution in [3.05, 3.63) is 71.3 Å². The molecule has 0 spiro atoms. The number of aromatic hydroxyl groups is 1. The minimum atomic E-state index is -1.14. The SMILES string of the molecule is CN(C)C(=O)c1cccc(Oc2nc(Oc3cc(C(=N)N)ccc3O)c(F)cc2F)c1. The number of amides is 1. The van der Waals surface area contributed by atoms with Gasteiger partial charge in [0.25, 0.3) is 17.7 Å². The van der Waals surface area contributed by atoms with Crippen molar-refractivity contribution in [3.8, 4) is 29.0 Å². The van der Waals surface area contributed by atoms with E-state index in [1.807, 2.05) is 0 Å². The van der Waals surface area contributed by atoms with Crippen LogP contribution in [0.2, 0.25) is 0 Å². The molecule has 8 nitrogen and oxygen atoms in total. The molecule has 1 amide bonds. The minimum absolute atomic E-state index is 0.0954. The van der Waals surface area contributed by atoms with Crippen LogP contribution in [0.5, 0.6) is 29.0 Å². The van der Waals surface area contributed by atoms with Gasteiger partial charge in [0.05, 0.1) is 0 Å². The van der Waals surface area contributed by atoms with Gasteiger partial charge in [0, 0.05) is 31.3 Å². The van der Waals surface area contributed by atoms with E-state index in [4.69, 9.17) is 20.6 Å². The van der Waals surface area contributed by atoms with Crippen LogP contribution in [0, 0.1) is 17.0 Å². The van der Waals surface area contributed by atoms with Gasteiger partial charge in [-0.3, -0.25) is 10.2 Å². The number of carbonyl (C=O) groups excluding carboxylic acids is 1. The van der Waals surface area contributed by atoms with Crippen molar-refractivity contribution in [2.45, 2.75) is 0 Å². The van der Waals surface area contributed by atoms with Crippen LogP contribution in [0.25, 0.3) is 0 Å². The van der Waals surface area contributed by atoms with E-state index >= 15 is 0 Å². The Kier molecular flexibility index (Phi) is 6.00. The monoisotopic (exact) mass is 428 g/mol. The summed E-state index contributed by atoms with van der Waals surface area (Å²) in [4.78, 5) is 17.2. The molecular formula is C21H18F2N4O4. The second kappa shape index (κ2) is 8.66. The molecule has 3 rings (SSSR count). The molecule has 0 aliphatic carbocycles. The molecule has 0 bridgehead atoms. The zero-order valence-corrected chi connectivity index (χ0v) is 16.5. The van der Waals surface area contributed by atoms with Crippen LogP contribution in [0.3, 0.4) is 0 Å². The summed E-state index contributed by atoms with van der Waals surface area (Å²) in [5.41, 5.74) is 5.91. The standard InChI is InChI=1S/C21H18F2N4O4/c1-27(2)21(29)12-4-3-5-13(8-12)30-19-14(22)10-15(23)20(26-19)31-17-9-11(18(24)25)6-7-16(17)28/h3-10,28H,1-2H3,(H3,24,25). The fraction of sp³-hybridized carbons (Fsp3) is 0.0952. The molecule has 160 valence electrons. The van der Waals surface area contributed by atoms with Crippen molar-refractivity contribution in [2.75, 3.05) is 14.1 Å². The molecule has 10 heteroatoms. The first kappa shape index (κ1) is 21.5. The summed E-state index contributed by atoms with van der Waals surface area (Å²) in [6.07, 6.45) is 0. The van der Waals surface area contributed by atoms with Crippen LogP contribution in [-0.4, -0.2) is 40.8 Å². The predicted octanol–water partition coefficient (Wildman–Crippen LogP) is 3.64. The number of hydrogen-bond acceptors (Lipinski definition) is 6. The van der Waals surface area contributed by atoms with E-state index in [0.29, 0.717) is 11.6 Å². The molecule has 31 heavy (non-hydrogen) atoms. The Bertz CT molecular complexity index is 1170. The van der Waals surface area contributed by atoms with Gasteiger partial charge in [-0.15, -0.1) is 0 Å². The third kappa shape index (κ3) is 4.86. The molecule has 4 N–H and O–H groups in total. The summed E-state index contributed by atoms with van der Waals surface area (Å²) in [7, 11) is 3.16. The summed E-state index contributed by atoms with van der Waals surface area (Å²) in [6, 6.07) is 10.2. The maximum Gasteiger partial charge on any atom is 0.259 e. The van der Waals surface area contributed by atoms with E-state index in [2.05, 4.69) is 4.98 Å². The number of nitrogens with two attached hydrogens (primary N) is 1. The number of carbonyl (C=O) groups is 1. The number of halogens is 2. The maximum absolute atomic E-state index is 14.2. The number of amidine groups is 1. The van der Waals surface area contributed by atoms with Gasteiger partial charge >= 0.3 is 0 Å². The Balaban J connectivity index is 1.92. The number of nitrogens with zero attached hydrogens (tertiary/aromatic N) is 2. The Morgan fingerprint density at radius 3 is 2.35 bits per heavy atom. The second-order valence-electron chi connectivity index (χ2n) is 6.59. The fourth-order valence-corrected chi connectivity index (χ4v) is 2.51. The highest BCUT2D eigenvalue weighted by molar-refractivity contribution is 5.95. The number of hydrogen-bond donors (Lipinski definition) is 3. The van der Waals surface area contributed by atoms with E-state index in [1.165, 1.54) is 41.3 Å². The van der Waals surface area contributed by atoms with Crippen LogP contribution in [0.1, 0.15) is 15.9 Å². The summed E-state index contributed by atoms with van der Waals surface area (Å²) in [5.74, 6) is -4.62.